The second kappa shape index (κ2) is 12.2. The average molecular weight is 436 g/mol. The molecule has 0 heterocycles. The maximum absolute atomic E-state index is 12.6. The van der Waals surface area contributed by atoms with E-state index >= 15 is 0 Å². The molecule has 166 valence electrons. The fourth-order valence-electron chi connectivity index (χ4n) is 2.17. The zero-order chi connectivity index (χ0) is 22.9. The third-order valence-corrected chi connectivity index (χ3v) is 4.20. The van der Waals surface area contributed by atoms with Gasteiger partial charge in [-0.1, -0.05) is 13.8 Å². The summed E-state index contributed by atoms with van der Waals surface area (Å²) >= 11 is 3.81. The maximum atomic E-state index is 12.6. The number of aliphatic hydroxyl groups excluding tert-OH is 1. The Labute approximate surface area is 173 Å². The predicted molar refractivity (Wildman–Crippen MR) is 104 cm³/mol. The summed E-state index contributed by atoms with van der Waals surface area (Å²) in [6.45, 7) is 4.39. The summed E-state index contributed by atoms with van der Waals surface area (Å²) in [6.07, 6.45) is -2.02. The van der Waals surface area contributed by atoms with Crippen molar-refractivity contribution in [2.24, 2.45) is 11.7 Å². The molecule has 5 unspecified atom stereocenters. The third-order valence-electron chi connectivity index (χ3n) is 3.84. The quantitative estimate of drug-likeness (QED) is 0.149. The Kier molecular flexibility index (Phi) is 11.2. The van der Waals surface area contributed by atoms with Crippen molar-refractivity contribution < 1.29 is 39.3 Å². The molecule has 13 heteroatoms. The molecule has 0 saturated heterocycles. The molecule has 0 aromatic carbocycles. The van der Waals surface area contributed by atoms with Gasteiger partial charge in [0.2, 0.25) is 17.7 Å². The lowest BCUT2D eigenvalue weighted by atomic mass is 10.0. The standard InChI is InChI=1S/C16H28N4O8S/c1-6(2)11(19-13(24)8(17)4-10(22)23)14(25)20-12(7(3)21)15(26)18-9(5-29)16(27)28/h6-9,11-12,21,29H,4-5,17H2,1-3H3,(H,18,26)(H,19,24)(H,20,25)(H,22,23)(H,27,28). The highest BCUT2D eigenvalue weighted by Gasteiger charge is 2.33. The van der Waals surface area contributed by atoms with Crippen LogP contribution < -0.4 is 21.7 Å². The van der Waals surface area contributed by atoms with Gasteiger partial charge in [0.05, 0.1) is 18.6 Å². The van der Waals surface area contributed by atoms with Crippen molar-refractivity contribution >= 4 is 42.3 Å². The lowest BCUT2D eigenvalue weighted by molar-refractivity contribution is -0.142. The molecule has 8 N–H and O–H groups in total. The van der Waals surface area contributed by atoms with E-state index in [0.29, 0.717) is 0 Å². The summed E-state index contributed by atoms with van der Waals surface area (Å²) in [6, 6.07) is -5.41. The largest absolute Gasteiger partial charge is 0.481 e. The lowest BCUT2D eigenvalue weighted by Gasteiger charge is -2.27. The highest BCUT2D eigenvalue weighted by molar-refractivity contribution is 7.80. The Morgan fingerprint density at radius 3 is 1.76 bits per heavy atom. The molecule has 0 bridgehead atoms. The van der Waals surface area contributed by atoms with Crippen LogP contribution in [0.15, 0.2) is 0 Å². The Morgan fingerprint density at radius 2 is 1.38 bits per heavy atom. The molecule has 0 radical (unpaired) electrons. The van der Waals surface area contributed by atoms with Crippen molar-refractivity contribution in [1.29, 1.82) is 0 Å². The zero-order valence-corrected chi connectivity index (χ0v) is 17.2. The number of carboxylic acids is 2. The molecule has 0 aliphatic carbocycles. The number of rotatable bonds is 12. The summed E-state index contributed by atoms with van der Waals surface area (Å²) in [4.78, 5) is 58.6. The number of aliphatic carboxylic acids is 2. The first-order valence-electron chi connectivity index (χ1n) is 8.72. The summed E-state index contributed by atoms with van der Waals surface area (Å²) in [5.74, 6) is -5.99. The fourth-order valence-corrected chi connectivity index (χ4v) is 2.42. The average Bonchev–Trinajstić information content (AvgIpc) is 2.59. The van der Waals surface area contributed by atoms with Crippen LogP contribution in [0.25, 0.3) is 0 Å². The first kappa shape index (κ1) is 26.6. The monoisotopic (exact) mass is 436 g/mol. The third kappa shape index (κ3) is 9.11. The number of thiol groups is 1. The van der Waals surface area contributed by atoms with E-state index < -0.39 is 72.3 Å². The first-order chi connectivity index (χ1) is 13.3. The molecule has 0 rings (SSSR count). The van der Waals surface area contributed by atoms with E-state index in [9.17, 15) is 29.1 Å². The molecule has 0 aromatic rings. The number of amides is 3. The van der Waals surface area contributed by atoms with Gasteiger partial charge in [0.15, 0.2) is 0 Å². The SMILES string of the molecule is CC(C)C(NC(=O)C(N)CC(=O)O)C(=O)NC(C(=O)NC(CS)C(=O)O)C(C)O. The van der Waals surface area contributed by atoms with E-state index in [-0.39, 0.29) is 5.75 Å². The van der Waals surface area contributed by atoms with E-state index in [1.807, 2.05) is 0 Å². The van der Waals surface area contributed by atoms with Gasteiger partial charge in [0.1, 0.15) is 18.1 Å². The molecule has 5 atom stereocenters. The number of hydrogen-bond donors (Lipinski definition) is 8. The van der Waals surface area contributed by atoms with Crippen LogP contribution in [0.5, 0.6) is 0 Å². The minimum Gasteiger partial charge on any atom is -0.481 e. The van der Waals surface area contributed by atoms with Gasteiger partial charge in [-0.25, -0.2) is 4.79 Å². The predicted octanol–water partition coefficient (Wildman–Crippen LogP) is -2.71. The molecule has 0 saturated carbocycles. The lowest BCUT2D eigenvalue weighted by Crippen LogP contribution is -2.61. The summed E-state index contributed by atoms with van der Waals surface area (Å²) in [5.41, 5.74) is 5.47. The molecule has 0 fully saturated rings. The first-order valence-corrected chi connectivity index (χ1v) is 9.35. The summed E-state index contributed by atoms with van der Waals surface area (Å²) in [7, 11) is 0. The smallest absolute Gasteiger partial charge is 0.327 e. The number of carbonyl (C=O) groups is 5. The van der Waals surface area contributed by atoms with Gasteiger partial charge in [0.25, 0.3) is 0 Å². The van der Waals surface area contributed by atoms with Gasteiger partial charge in [-0.15, -0.1) is 0 Å². The molecule has 0 aliphatic rings. The second-order valence-electron chi connectivity index (χ2n) is 6.74. The van der Waals surface area contributed by atoms with Crippen LogP contribution in [0.3, 0.4) is 0 Å². The number of nitrogens with two attached hydrogens (primary N) is 1. The molecular weight excluding hydrogens is 408 g/mol. The Hall–Kier alpha value is -2.38. The minimum absolute atomic E-state index is 0.215. The number of hydrogen-bond acceptors (Lipinski definition) is 8. The molecular formula is C16H28N4O8S. The van der Waals surface area contributed by atoms with Crippen LogP contribution in [-0.4, -0.2) is 81.0 Å². The Morgan fingerprint density at radius 1 is 0.897 bits per heavy atom. The maximum Gasteiger partial charge on any atom is 0.327 e. The highest BCUT2D eigenvalue weighted by Crippen LogP contribution is 2.05. The second-order valence-corrected chi connectivity index (χ2v) is 7.11. The van der Waals surface area contributed by atoms with E-state index in [4.69, 9.17) is 15.9 Å². The van der Waals surface area contributed by atoms with Gasteiger partial charge in [-0.2, -0.15) is 12.6 Å². The van der Waals surface area contributed by atoms with E-state index in [1.165, 1.54) is 6.92 Å². The fraction of sp³-hybridized carbons (Fsp3) is 0.688. The Bertz CT molecular complexity index is 628. The van der Waals surface area contributed by atoms with Gasteiger partial charge in [-0.05, 0) is 12.8 Å². The van der Waals surface area contributed by atoms with Crippen LogP contribution >= 0.6 is 12.6 Å². The minimum atomic E-state index is -1.50. The van der Waals surface area contributed by atoms with Crippen molar-refractivity contribution in [1.82, 2.24) is 16.0 Å². The van der Waals surface area contributed by atoms with Gasteiger partial charge in [0, 0.05) is 5.75 Å². The van der Waals surface area contributed by atoms with E-state index in [1.54, 1.807) is 13.8 Å². The number of aliphatic hydroxyl groups is 1. The molecule has 0 aliphatic heterocycles. The zero-order valence-electron chi connectivity index (χ0n) is 16.3. The molecule has 0 aromatic heterocycles. The van der Waals surface area contributed by atoms with Gasteiger partial charge < -0.3 is 37.0 Å². The number of carbonyl (C=O) groups excluding carboxylic acids is 3. The summed E-state index contributed by atoms with van der Waals surface area (Å²) in [5, 5.41) is 34.2. The number of carboxylic acid groups (broad SMARTS) is 2. The van der Waals surface area contributed by atoms with E-state index in [0.717, 1.165) is 0 Å². The number of nitrogens with one attached hydrogen (secondary N) is 3. The van der Waals surface area contributed by atoms with Crippen molar-refractivity contribution in [3.05, 3.63) is 0 Å². The van der Waals surface area contributed by atoms with Crippen molar-refractivity contribution in [2.45, 2.75) is 57.5 Å². The Balaban J connectivity index is 5.28. The van der Waals surface area contributed by atoms with Gasteiger partial charge in [-0.3, -0.25) is 19.2 Å². The van der Waals surface area contributed by atoms with Crippen molar-refractivity contribution in [3.63, 3.8) is 0 Å². The topological polar surface area (TPSA) is 208 Å². The van der Waals surface area contributed by atoms with Crippen LogP contribution in [0.4, 0.5) is 0 Å². The molecule has 3 amide bonds. The van der Waals surface area contributed by atoms with E-state index in [2.05, 4.69) is 28.6 Å². The van der Waals surface area contributed by atoms with Crippen molar-refractivity contribution in [3.8, 4) is 0 Å². The van der Waals surface area contributed by atoms with Crippen LogP contribution in [0, 0.1) is 5.92 Å². The van der Waals surface area contributed by atoms with Crippen LogP contribution in [0.2, 0.25) is 0 Å². The van der Waals surface area contributed by atoms with Gasteiger partial charge >= 0.3 is 11.9 Å². The van der Waals surface area contributed by atoms with Crippen molar-refractivity contribution in [2.75, 3.05) is 5.75 Å². The molecule has 29 heavy (non-hydrogen) atoms. The normalized spacial score (nSPS) is 16.1. The molecule has 0 spiro atoms. The van der Waals surface area contributed by atoms with Crippen LogP contribution in [-0.2, 0) is 24.0 Å². The molecule has 12 nitrogen and oxygen atoms in total. The highest BCUT2D eigenvalue weighted by atomic mass is 32.1. The van der Waals surface area contributed by atoms with Crippen LogP contribution in [0.1, 0.15) is 27.2 Å². The summed E-state index contributed by atoms with van der Waals surface area (Å²) < 4.78 is 0.